The third kappa shape index (κ3) is 6.06. The molecule has 18 heavy (non-hydrogen) atoms. The quantitative estimate of drug-likeness (QED) is 0.316. The van der Waals surface area contributed by atoms with Crippen molar-refractivity contribution < 1.29 is 9.47 Å². The SMILES string of the molecule is ClCCOC/C=C/COc1c(Br)cc(Br)cc1Br. The van der Waals surface area contributed by atoms with Crippen molar-refractivity contribution in [3.05, 3.63) is 37.7 Å². The van der Waals surface area contributed by atoms with Crippen molar-refractivity contribution in [1.82, 2.24) is 0 Å². The predicted molar refractivity (Wildman–Crippen MR) is 85.7 cm³/mol. The Morgan fingerprint density at radius 2 is 1.67 bits per heavy atom. The van der Waals surface area contributed by atoms with Crippen LogP contribution in [-0.4, -0.2) is 25.7 Å². The Labute approximate surface area is 137 Å². The van der Waals surface area contributed by atoms with Gasteiger partial charge in [-0.3, -0.25) is 0 Å². The standard InChI is InChI=1S/C12H12Br3ClO2/c13-9-7-10(14)12(11(15)8-9)18-5-2-1-4-17-6-3-16/h1-2,7-8H,3-6H2/b2-1+. The Bertz CT molecular complexity index is 387. The van der Waals surface area contributed by atoms with Crippen LogP contribution < -0.4 is 4.74 Å². The molecule has 0 aromatic heterocycles. The van der Waals surface area contributed by atoms with Gasteiger partial charge in [-0.1, -0.05) is 22.0 Å². The van der Waals surface area contributed by atoms with E-state index in [2.05, 4.69) is 47.8 Å². The third-order valence-electron chi connectivity index (χ3n) is 1.89. The predicted octanol–water partition coefficient (Wildman–Crippen LogP) is 5.16. The molecule has 0 atom stereocenters. The number of ether oxygens (including phenoxy) is 2. The summed E-state index contributed by atoms with van der Waals surface area (Å²) in [6.45, 7) is 1.61. The van der Waals surface area contributed by atoms with E-state index < -0.39 is 0 Å². The van der Waals surface area contributed by atoms with E-state index in [9.17, 15) is 0 Å². The molecule has 6 heteroatoms. The van der Waals surface area contributed by atoms with Gasteiger partial charge in [0.15, 0.2) is 0 Å². The fraction of sp³-hybridized carbons (Fsp3) is 0.333. The monoisotopic (exact) mass is 460 g/mol. The summed E-state index contributed by atoms with van der Waals surface area (Å²) < 4.78 is 13.6. The van der Waals surface area contributed by atoms with Crippen molar-refractivity contribution in [3.8, 4) is 5.75 Å². The normalized spacial score (nSPS) is 11.1. The Kier molecular flexibility index (Phi) is 8.59. The lowest BCUT2D eigenvalue weighted by Gasteiger charge is -2.08. The molecule has 0 bridgehead atoms. The van der Waals surface area contributed by atoms with Crippen LogP contribution in [0.2, 0.25) is 0 Å². The van der Waals surface area contributed by atoms with Crippen LogP contribution in [0.3, 0.4) is 0 Å². The number of rotatable bonds is 7. The molecule has 0 fully saturated rings. The van der Waals surface area contributed by atoms with Crippen LogP contribution in [0.15, 0.2) is 37.7 Å². The van der Waals surface area contributed by atoms with Crippen LogP contribution in [0.1, 0.15) is 0 Å². The highest BCUT2D eigenvalue weighted by Gasteiger charge is 2.07. The molecule has 100 valence electrons. The fourth-order valence-electron chi connectivity index (χ4n) is 1.14. The zero-order valence-corrected chi connectivity index (χ0v) is 15.0. The van der Waals surface area contributed by atoms with E-state index in [0.29, 0.717) is 25.7 Å². The van der Waals surface area contributed by atoms with Crippen LogP contribution in [-0.2, 0) is 4.74 Å². The third-order valence-corrected chi connectivity index (χ3v) is 3.68. The van der Waals surface area contributed by atoms with Gasteiger partial charge in [0.05, 0.1) is 22.2 Å². The minimum atomic E-state index is 0.489. The maximum Gasteiger partial charge on any atom is 0.148 e. The maximum atomic E-state index is 5.65. The molecule has 0 heterocycles. The second-order valence-corrected chi connectivity index (χ2v) is 6.25. The number of hydrogen-bond donors (Lipinski definition) is 0. The van der Waals surface area contributed by atoms with Crippen molar-refractivity contribution in [2.75, 3.05) is 25.7 Å². The molecule has 0 spiro atoms. The zero-order chi connectivity index (χ0) is 13.4. The fourth-order valence-corrected chi connectivity index (χ4v) is 3.74. The molecular weight excluding hydrogens is 451 g/mol. The van der Waals surface area contributed by atoms with E-state index >= 15 is 0 Å². The average molecular weight is 463 g/mol. The summed E-state index contributed by atoms with van der Waals surface area (Å²) in [5.74, 6) is 1.30. The highest BCUT2D eigenvalue weighted by atomic mass is 79.9. The van der Waals surface area contributed by atoms with E-state index in [0.717, 1.165) is 19.2 Å². The van der Waals surface area contributed by atoms with Gasteiger partial charge in [-0.05, 0) is 50.1 Å². The van der Waals surface area contributed by atoms with Crippen molar-refractivity contribution >= 4 is 59.4 Å². The highest BCUT2D eigenvalue weighted by molar-refractivity contribution is 9.11. The van der Waals surface area contributed by atoms with Crippen LogP contribution in [0.4, 0.5) is 0 Å². The van der Waals surface area contributed by atoms with E-state index in [1.165, 1.54) is 0 Å². The maximum absolute atomic E-state index is 5.65. The smallest absolute Gasteiger partial charge is 0.148 e. The van der Waals surface area contributed by atoms with Crippen LogP contribution in [0.25, 0.3) is 0 Å². The molecule has 0 radical (unpaired) electrons. The van der Waals surface area contributed by atoms with Gasteiger partial charge in [0.1, 0.15) is 12.4 Å². The summed E-state index contributed by atoms with van der Waals surface area (Å²) in [7, 11) is 0. The molecule has 0 aliphatic heterocycles. The van der Waals surface area contributed by atoms with E-state index in [4.69, 9.17) is 21.1 Å². The summed E-state index contributed by atoms with van der Waals surface area (Å²) >= 11 is 15.8. The second-order valence-electron chi connectivity index (χ2n) is 3.24. The Hall–Kier alpha value is 0.450. The highest BCUT2D eigenvalue weighted by Crippen LogP contribution is 2.36. The van der Waals surface area contributed by atoms with Crippen LogP contribution in [0, 0.1) is 0 Å². The van der Waals surface area contributed by atoms with Gasteiger partial charge >= 0.3 is 0 Å². The van der Waals surface area contributed by atoms with Crippen LogP contribution in [0.5, 0.6) is 5.75 Å². The zero-order valence-electron chi connectivity index (χ0n) is 9.47. The molecule has 0 aliphatic rings. The largest absolute Gasteiger partial charge is 0.487 e. The van der Waals surface area contributed by atoms with Gasteiger partial charge in [0, 0.05) is 10.4 Å². The topological polar surface area (TPSA) is 18.5 Å². The van der Waals surface area contributed by atoms with Gasteiger partial charge in [0.2, 0.25) is 0 Å². The Morgan fingerprint density at radius 3 is 2.28 bits per heavy atom. The van der Waals surface area contributed by atoms with Gasteiger partial charge in [-0.2, -0.15) is 0 Å². The minimum absolute atomic E-state index is 0.489. The van der Waals surface area contributed by atoms with Crippen molar-refractivity contribution in [1.29, 1.82) is 0 Å². The van der Waals surface area contributed by atoms with Gasteiger partial charge in [-0.25, -0.2) is 0 Å². The lowest BCUT2D eigenvalue weighted by Crippen LogP contribution is -1.98. The number of benzene rings is 1. The number of halogens is 4. The average Bonchev–Trinajstić information content (AvgIpc) is 2.30. The summed E-state index contributed by atoms with van der Waals surface area (Å²) in [4.78, 5) is 0. The van der Waals surface area contributed by atoms with Crippen LogP contribution >= 0.6 is 59.4 Å². The summed E-state index contributed by atoms with van der Waals surface area (Å²) in [6, 6.07) is 3.88. The molecular formula is C12H12Br3ClO2. The lowest BCUT2D eigenvalue weighted by atomic mass is 10.3. The molecule has 0 unspecified atom stereocenters. The minimum Gasteiger partial charge on any atom is -0.487 e. The van der Waals surface area contributed by atoms with E-state index in [-0.39, 0.29) is 0 Å². The molecule has 0 N–H and O–H groups in total. The summed E-state index contributed by atoms with van der Waals surface area (Å²) in [5.41, 5.74) is 0. The second kappa shape index (κ2) is 9.37. The molecule has 1 rings (SSSR count). The number of alkyl halides is 1. The van der Waals surface area contributed by atoms with Gasteiger partial charge in [0.25, 0.3) is 0 Å². The van der Waals surface area contributed by atoms with E-state index in [1.807, 2.05) is 24.3 Å². The lowest BCUT2D eigenvalue weighted by molar-refractivity contribution is 0.179. The molecule has 0 aliphatic carbocycles. The Morgan fingerprint density at radius 1 is 1.06 bits per heavy atom. The van der Waals surface area contributed by atoms with Crippen molar-refractivity contribution in [2.24, 2.45) is 0 Å². The molecule has 0 amide bonds. The molecule has 1 aromatic carbocycles. The molecule has 0 saturated heterocycles. The molecule has 0 saturated carbocycles. The van der Waals surface area contributed by atoms with Crippen molar-refractivity contribution in [3.63, 3.8) is 0 Å². The summed E-state index contributed by atoms with van der Waals surface area (Å²) in [5, 5.41) is 0. The molecule has 2 nitrogen and oxygen atoms in total. The first-order valence-corrected chi connectivity index (χ1v) is 8.12. The van der Waals surface area contributed by atoms with Crippen molar-refractivity contribution in [2.45, 2.75) is 0 Å². The summed E-state index contributed by atoms with van der Waals surface area (Å²) in [6.07, 6.45) is 3.82. The molecule has 1 aromatic rings. The first-order valence-electron chi connectivity index (χ1n) is 5.21. The van der Waals surface area contributed by atoms with Gasteiger partial charge in [-0.15, -0.1) is 11.6 Å². The first-order chi connectivity index (χ1) is 8.65. The van der Waals surface area contributed by atoms with E-state index in [1.54, 1.807) is 0 Å². The first kappa shape index (κ1) is 16.5. The Balaban J connectivity index is 2.40. The van der Waals surface area contributed by atoms with Gasteiger partial charge < -0.3 is 9.47 Å². The number of hydrogen-bond acceptors (Lipinski definition) is 2.